The summed E-state index contributed by atoms with van der Waals surface area (Å²) in [6, 6.07) is 1.17. The van der Waals surface area contributed by atoms with Crippen LogP contribution in [-0.4, -0.2) is 20.6 Å². The smallest absolute Gasteiger partial charge is 0.305 e. The Labute approximate surface area is 90.1 Å². The molecule has 0 saturated carbocycles. The molecule has 1 aromatic heterocycles. The summed E-state index contributed by atoms with van der Waals surface area (Å²) in [7, 11) is 0. The Morgan fingerprint density at radius 1 is 1.62 bits per heavy atom. The van der Waals surface area contributed by atoms with Crippen LogP contribution in [0.15, 0.2) is 17.1 Å². The SMILES string of the molecule is Cc1cc([N+](=O)[O-])cn(CCC(=O)O)c1=O. The van der Waals surface area contributed by atoms with Gasteiger partial charge in [0.25, 0.3) is 11.2 Å². The molecular weight excluding hydrogens is 216 g/mol. The van der Waals surface area contributed by atoms with Gasteiger partial charge < -0.3 is 9.67 Å². The molecule has 0 fully saturated rings. The number of nitro groups is 1. The highest BCUT2D eigenvalue weighted by Gasteiger charge is 2.11. The van der Waals surface area contributed by atoms with E-state index in [1.807, 2.05) is 0 Å². The van der Waals surface area contributed by atoms with E-state index in [0.29, 0.717) is 0 Å². The summed E-state index contributed by atoms with van der Waals surface area (Å²) < 4.78 is 1.04. The van der Waals surface area contributed by atoms with Gasteiger partial charge in [0.1, 0.15) is 0 Å². The zero-order chi connectivity index (χ0) is 12.3. The molecule has 0 aliphatic carbocycles. The van der Waals surface area contributed by atoms with Crippen LogP contribution in [0.3, 0.4) is 0 Å². The number of carbonyl (C=O) groups is 1. The van der Waals surface area contributed by atoms with Gasteiger partial charge in [-0.05, 0) is 6.92 Å². The molecule has 0 bridgehead atoms. The summed E-state index contributed by atoms with van der Waals surface area (Å²) in [4.78, 5) is 31.7. The predicted molar refractivity (Wildman–Crippen MR) is 54.3 cm³/mol. The highest BCUT2D eigenvalue weighted by Crippen LogP contribution is 2.09. The topological polar surface area (TPSA) is 102 Å². The first-order chi connectivity index (χ1) is 7.41. The van der Waals surface area contributed by atoms with E-state index >= 15 is 0 Å². The summed E-state index contributed by atoms with van der Waals surface area (Å²) in [5.41, 5.74) is -0.408. The minimum Gasteiger partial charge on any atom is -0.481 e. The first kappa shape index (κ1) is 11.9. The molecule has 1 heterocycles. The van der Waals surface area contributed by atoms with Crippen molar-refractivity contribution in [3.8, 4) is 0 Å². The molecule has 7 nitrogen and oxygen atoms in total. The Bertz CT molecular complexity index is 491. The molecule has 1 rings (SSSR count). The van der Waals surface area contributed by atoms with E-state index in [1.165, 1.54) is 13.0 Å². The van der Waals surface area contributed by atoms with Gasteiger partial charge in [0.05, 0.1) is 17.5 Å². The van der Waals surface area contributed by atoms with E-state index in [4.69, 9.17) is 5.11 Å². The molecule has 86 valence electrons. The molecule has 7 heteroatoms. The Balaban J connectivity index is 3.12. The van der Waals surface area contributed by atoms with E-state index < -0.39 is 16.5 Å². The third-order valence-corrected chi connectivity index (χ3v) is 2.03. The molecule has 0 radical (unpaired) electrons. The lowest BCUT2D eigenvalue weighted by Crippen LogP contribution is -2.23. The molecule has 0 aliphatic rings. The molecule has 16 heavy (non-hydrogen) atoms. The van der Waals surface area contributed by atoms with Crippen molar-refractivity contribution in [1.82, 2.24) is 4.57 Å². The summed E-state index contributed by atoms with van der Waals surface area (Å²) in [6.07, 6.45) is 0.804. The number of pyridine rings is 1. The number of hydrogen-bond acceptors (Lipinski definition) is 4. The predicted octanol–water partition coefficient (Wildman–Crippen LogP) is 0.540. The van der Waals surface area contributed by atoms with E-state index in [1.54, 1.807) is 0 Å². The number of rotatable bonds is 4. The van der Waals surface area contributed by atoms with Crippen LogP contribution in [0.4, 0.5) is 5.69 Å². The Hall–Kier alpha value is -2.18. The van der Waals surface area contributed by atoms with Gasteiger partial charge in [0.15, 0.2) is 0 Å². The van der Waals surface area contributed by atoms with Gasteiger partial charge in [0.2, 0.25) is 0 Å². The standard InChI is InChI=1S/C9H10N2O5/c1-6-4-7(11(15)16)5-10(9(6)14)3-2-8(12)13/h4-5H,2-3H2,1H3,(H,12,13). The molecule has 0 spiro atoms. The van der Waals surface area contributed by atoms with Crippen molar-refractivity contribution in [3.05, 3.63) is 38.3 Å². The maximum absolute atomic E-state index is 11.5. The third-order valence-electron chi connectivity index (χ3n) is 2.03. The Morgan fingerprint density at radius 3 is 2.75 bits per heavy atom. The van der Waals surface area contributed by atoms with Crippen LogP contribution in [0, 0.1) is 17.0 Å². The molecule has 0 atom stereocenters. The van der Waals surface area contributed by atoms with Crippen molar-refractivity contribution >= 4 is 11.7 Å². The monoisotopic (exact) mass is 226 g/mol. The van der Waals surface area contributed by atoms with E-state index in [2.05, 4.69) is 0 Å². The average Bonchev–Trinajstić information content (AvgIpc) is 2.19. The molecular formula is C9H10N2O5. The number of carboxylic acids is 1. The van der Waals surface area contributed by atoms with Crippen LogP contribution in [0.25, 0.3) is 0 Å². The van der Waals surface area contributed by atoms with Crippen molar-refractivity contribution in [1.29, 1.82) is 0 Å². The van der Waals surface area contributed by atoms with Crippen LogP contribution < -0.4 is 5.56 Å². The lowest BCUT2D eigenvalue weighted by molar-refractivity contribution is -0.385. The van der Waals surface area contributed by atoms with Crippen LogP contribution in [0.2, 0.25) is 0 Å². The molecule has 1 N–H and O–H groups in total. The van der Waals surface area contributed by atoms with Crippen molar-refractivity contribution in [2.75, 3.05) is 0 Å². The number of carboxylic acid groups (broad SMARTS) is 1. The third kappa shape index (κ3) is 2.66. The molecule has 0 aliphatic heterocycles. The quantitative estimate of drug-likeness (QED) is 0.596. The number of aryl methyl sites for hydroxylation is 2. The van der Waals surface area contributed by atoms with Gasteiger partial charge in [-0.25, -0.2) is 0 Å². The number of nitrogens with zero attached hydrogens (tertiary/aromatic N) is 2. The van der Waals surface area contributed by atoms with E-state index in [9.17, 15) is 19.7 Å². The van der Waals surface area contributed by atoms with Crippen molar-refractivity contribution in [2.24, 2.45) is 0 Å². The highest BCUT2D eigenvalue weighted by atomic mass is 16.6. The molecule has 0 amide bonds. The fourth-order valence-corrected chi connectivity index (χ4v) is 1.25. The summed E-state index contributed by atoms with van der Waals surface area (Å²) >= 11 is 0. The number of aromatic nitrogens is 1. The van der Waals surface area contributed by atoms with Gasteiger partial charge in [-0.1, -0.05) is 0 Å². The Morgan fingerprint density at radius 2 is 2.25 bits per heavy atom. The van der Waals surface area contributed by atoms with E-state index in [-0.39, 0.29) is 24.2 Å². The second-order valence-corrected chi connectivity index (χ2v) is 3.28. The van der Waals surface area contributed by atoms with Crippen molar-refractivity contribution < 1.29 is 14.8 Å². The second kappa shape index (κ2) is 4.56. The Kier molecular flexibility index (Phi) is 3.39. The molecule has 1 aromatic rings. The van der Waals surface area contributed by atoms with Crippen LogP contribution >= 0.6 is 0 Å². The average molecular weight is 226 g/mol. The van der Waals surface area contributed by atoms with Crippen molar-refractivity contribution in [3.63, 3.8) is 0 Å². The fraction of sp³-hybridized carbons (Fsp3) is 0.333. The van der Waals surface area contributed by atoms with Crippen LogP contribution in [0.1, 0.15) is 12.0 Å². The molecule has 0 aromatic carbocycles. The fourth-order valence-electron chi connectivity index (χ4n) is 1.25. The van der Waals surface area contributed by atoms with Gasteiger partial charge in [-0.3, -0.25) is 19.7 Å². The summed E-state index contributed by atoms with van der Waals surface area (Å²) in [6.45, 7) is 1.38. The van der Waals surface area contributed by atoms with Crippen molar-refractivity contribution in [2.45, 2.75) is 19.9 Å². The van der Waals surface area contributed by atoms with Gasteiger partial charge in [-0.2, -0.15) is 0 Å². The minimum absolute atomic E-state index is 0.0727. The first-order valence-corrected chi connectivity index (χ1v) is 4.49. The highest BCUT2D eigenvalue weighted by molar-refractivity contribution is 5.66. The van der Waals surface area contributed by atoms with Gasteiger partial charge >= 0.3 is 5.97 Å². The maximum atomic E-state index is 11.5. The zero-order valence-electron chi connectivity index (χ0n) is 8.54. The molecule has 0 unspecified atom stereocenters. The normalized spacial score (nSPS) is 10.1. The first-order valence-electron chi connectivity index (χ1n) is 4.49. The van der Waals surface area contributed by atoms with Gasteiger partial charge in [-0.15, -0.1) is 0 Å². The maximum Gasteiger partial charge on any atom is 0.305 e. The zero-order valence-corrected chi connectivity index (χ0v) is 8.54. The lowest BCUT2D eigenvalue weighted by atomic mass is 10.2. The summed E-state index contributed by atoms with van der Waals surface area (Å²) in [5, 5.41) is 19.0. The largest absolute Gasteiger partial charge is 0.481 e. The number of hydrogen-bond donors (Lipinski definition) is 1. The lowest BCUT2D eigenvalue weighted by Gasteiger charge is -2.04. The van der Waals surface area contributed by atoms with Gasteiger partial charge in [0, 0.05) is 18.2 Å². The van der Waals surface area contributed by atoms with Crippen LogP contribution in [-0.2, 0) is 11.3 Å². The summed E-state index contributed by atoms with van der Waals surface area (Å²) in [5.74, 6) is -1.06. The second-order valence-electron chi connectivity index (χ2n) is 3.28. The molecule has 0 saturated heterocycles. The number of aliphatic carboxylic acids is 1. The van der Waals surface area contributed by atoms with Crippen LogP contribution in [0.5, 0.6) is 0 Å². The minimum atomic E-state index is -1.06. The van der Waals surface area contributed by atoms with E-state index in [0.717, 1.165) is 10.8 Å².